The summed E-state index contributed by atoms with van der Waals surface area (Å²) in [6, 6.07) is 0. The summed E-state index contributed by atoms with van der Waals surface area (Å²) < 4.78 is 13.2. The Bertz CT molecular complexity index is 160. The molecule has 3 heteroatoms. The van der Waals surface area contributed by atoms with Crippen molar-refractivity contribution in [3.8, 4) is 0 Å². The minimum absolute atomic E-state index is 0.177. The fourth-order valence-corrected chi connectivity index (χ4v) is 0.873. The van der Waals surface area contributed by atoms with Crippen LogP contribution in [0.1, 0.15) is 20.8 Å². The van der Waals surface area contributed by atoms with Crippen LogP contribution in [0.5, 0.6) is 0 Å². The molecule has 0 bridgehead atoms. The number of halogens is 1. The number of Topliss-reactive ketones (excluding diaryl/α,β-unsaturated/α-hetero) is 1. The predicted octanol–water partition coefficient (Wildman–Crippen LogP) is 1.50. The summed E-state index contributed by atoms with van der Waals surface area (Å²) in [7, 11) is 3.50. The number of carbonyl (C=O) groups excluding carboxylic acids is 1. The van der Waals surface area contributed by atoms with Crippen molar-refractivity contribution >= 4 is 5.78 Å². The molecule has 0 spiro atoms. The number of hydrogen-bond donors (Lipinski definition) is 0. The molecule has 0 aliphatic carbocycles. The van der Waals surface area contributed by atoms with Crippen molar-refractivity contribution in [3.05, 3.63) is 0 Å². The lowest BCUT2D eigenvalue weighted by Gasteiger charge is -2.21. The normalized spacial score (nSPS) is 14.9. The monoisotopic (exact) mass is 175 g/mol. The Labute approximate surface area is 73.7 Å². The Morgan fingerprint density at radius 3 is 2.08 bits per heavy atom. The van der Waals surface area contributed by atoms with E-state index in [1.165, 1.54) is 0 Å². The minimum atomic E-state index is -1.36. The van der Waals surface area contributed by atoms with Crippen molar-refractivity contribution in [2.24, 2.45) is 5.41 Å². The average molecular weight is 175 g/mol. The zero-order valence-electron chi connectivity index (χ0n) is 8.52. The van der Waals surface area contributed by atoms with E-state index in [2.05, 4.69) is 0 Å². The summed E-state index contributed by atoms with van der Waals surface area (Å²) in [5.41, 5.74) is -0.574. The lowest BCUT2D eigenvalue weighted by Crippen LogP contribution is -2.36. The van der Waals surface area contributed by atoms with Crippen molar-refractivity contribution in [2.75, 3.05) is 20.6 Å². The van der Waals surface area contributed by atoms with Crippen molar-refractivity contribution in [1.29, 1.82) is 0 Å². The second kappa shape index (κ2) is 3.99. The van der Waals surface area contributed by atoms with Gasteiger partial charge in [0, 0.05) is 12.0 Å². The maximum Gasteiger partial charge on any atom is 0.173 e. The molecule has 0 N–H and O–H groups in total. The van der Waals surface area contributed by atoms with Crippen LogP contribution in [-0.4, -0.2) is 37.5 Å². The first-order valence-corrected chi connectivity index (χ1v) is 4.08. The van der Waals surface area contributed by atoms with E-state index < -0.39 is 11.6 Å². The predicted molar refractivity (Wildman–Crippen MR) is 47.9 cm³/mol. The van der Waals surface area contributed by atoms with Crippen LogP contribution in [0.4, 0.5) is 4.39 Å². The SMILES string of the molecule is CN(C)CC(F)C(=O)C(C)(C)C. The van der Waals surface area contributed by atoms with Gasteiger partial charge >= 0.3 is 0 Å². The number of alkyl halides is 1. The van der Waals surface area contributed by atoms with Crippen LogP contribution in [0, 0.1) is 5.41 Å². The van der Waals surface area contributed by atoms with Gasteiger partial charge in [-0.25, -0.2) is 4.39 Å². The van der Waals surface area contributed by atoms with E-state index in [9.17, 15) is 9.18 Å². The van der Waals surface area contributed by atoms with Crippen LogP contribution >= 0.6 is 0 Å². The van der Waals surface area contributed by atoms with E-state index in [4.69, 9.17) is 0 Å². The second-order valence-corrected chi connectivity index (χ2v) is 4.34. The van der Waals surface area contributed by atoms with Gasteiger partial charge in [0.1, 0.15) is 0 Å². The van der Waals surface area contributed by atoms with Crippen LogP contribution in [-0.2, 0) is 4.79 Å². The molecule has 0 saturated heterocycles. The maximum atomic E-state index is 13.2. The number of carbonyl (C=O) groups is 1. The van der Waals surface area contributed by atoms with Crippen LogP contribution in [0.25, 0.3) is 0 Å². The highest BCUT2D eigenvalue weighted by atomic mass is 19.1. The van der Waals surface area contributed by atoms with E-state index in [0.29, 0.717) is 0 Å². The number of hydrogen-bond acceptors (Lipinski definition) is 2. The second-order valence-electron chi connectivity index (χ2n) is 4.34. The fraction of sp³-hybridized carbons (Fsp3) is 0.889. The van der Waals surface area contributed by atoms with Gasteiger partial charge in [-0.1, -0.05) is 20.8 Å². The molecule has 0 fully saturated rings. The Kier molecular flexibility index (Phi) is 3.84. The summed E-state index contributed by atoms with van der Waals surface area (Å²) in [6.07, 6.45) is -1.36. The Morgan fingerprint density at radius 1 is 1.42 bits per heavy atom. The van der Waals surface area contributed by atoms with Crippen LogP contribution < -0.4 is 0 Å². The summed E-state index contributed by atoms with van der Waals surface area (Å²) in [6.45, 7) is 5.38. The lowest BCUT2D eigenvalue weighted by molar-refractivity contribution is -0.131. The van der Waals surface area contributed by atoms with Gasteiger partial charge < -0.3 is 4.90 Å². The highest BCUT2D eigenvalue weighted by Gasteiger charge is 2.29. The smallest absolute Gasteiger partial charge is 0.173 e. The molecule has 0 aromatic heterocycles. The summed E-state index contributed by atoms with van der Waals surface area (Å²) in [5.74, 6) is -0.323. The lowest BCUT2D eigenvalue weighted by atomic mass is 9.88. The summed E-state index contributed by atoms with van der Waals surface area (Å²) in [4.78, 5) is 13.0. The highest BCUT2D eigenvalue weighted by molar-refractivity contribution is 5.87. The quantitative estimate of drug-likeness (QED) is 0.648. The number of nitrogens with zero attached hydrogens (tertiary/aromatic N) is 1. The molecule has 2 nitrogen and oxygen atoms in total. The largest absolute Gasteiger partial charge is 0.306 e. The molecule has 0 aliphatic rings. The average Bonchev–Trinajstić information content (AvgIpc) is 1.82. The molecule has 0 heterocycles. The molecule has 0 aliphatic heterocycles. The number of rotatable bonds is 3. The molecule has 1 unspecified atom stereocenters. The van der Waals surface area contributed by atoms with E-state index >= 15 is 0 Å². The fourth-order valence-electron chi connectivity index (χ4n) is 0.873. The molecular weight excluding hydrogens is 157 g/mol. The third-order valence-electron chi connectivity index (χ3n) is 1.55. The van der Waals surface area contributed by atoms with Gasteiger partial charge in [-0.3, -0.25) is 4.79 Å². The Balaban J connectivity index is 4.12. The first-order valence-electron chi connectivity index (χ1n) is 4.08. The van der Waals surface area contributed by atoms with E-state index in [1.54, 1.807) is 39.8 Å². The van der Waals surface area contributed by atoms with E-state index in [-0.39, 0.29) is 12.3 Å². The molecule has 1 atom stereocenters. The zero-order valence-corrected chi connectivity index (χ0v) is 8.52. The van der Waals surface area contributed by atoms with Crippen LogP contribution in [0.2, 0.25) is 0 Å². The van der Waals surface area contributed by atoms with Crippen molar-refractivity contribution in [2.45, 2.75) is 26.9 Å². The van der Waals surface area contributed by atoms with E-state index in [0.717, 1.165) is 0 Å². The van der Waals surface area contributed by atoms with Gasteiger partial charge in [0.25, 0.3) is 0 Å². The molecule has 0 rings (SSSR count). The first kappa shape index (κ1) is 11.6. The third-order valence-corrected chi connectivity index (χ3v) is 1.55. The van der Waals surface area contributed by atoms with Gasteiger partial charge in [0.2, 0.25) is 0 Å². The van der Waals surface area contributed by atoms with Gasteiger partial charge in [-0.2, -0.15) is 0 Å². The van der Waals surface area contributed by atoms with Crippen molar-refractivity contribution in [1.82, 2.24) is 4.90 Å². The molecule has 0 aromatic rings. The maximum absolute atomic E-state index is 13.2. The summed E-state index contributed by atoms with van der Waals surface area (Å²) in [5, 5.41) is 0. The van der Waals surface area contributed by atoms with Gasteiger partial charge in [-0.15, -0.1) is 0 Å². The molecule has 72 valence electrons. The van der Waals surface area contributed by atoms with Gasteiger partial charge in [0.15, 0.2) is 12.0 Å². The summed E-state index contributed by atoms with van der Waals surface area (Å²) >= 11 is 0. The topological polar surface area (TPSA) is 20.3 Å². The molecule has 0 aromatic carbocycles. The third kappa shape index (κ3) is 3.81. The Morgan fingerprint density at radius 2 is 1.83 bits per heavy atom. The van der Waals surface area contributed by atoms with Crippen LogP contribution in [0.15, 0.2) is 0 Å². The molecule has 0 amide bonds. The Hall–Kier alpha value is -0.440. The van der Waals surface area contributed by atoms with Gasteiger partial charge in [0.05, 0.1) is 0 Å². The van der Waals surface area contributed by atoms with Crippen LogP contribution in [0.3, 0.4) is 0 Å². The standard InChI is InChI=1S/C9H18FNO/c1-9(2,3)8(12)7(10)6-11(4)5/h7H,6H2,1-5H3. The molecular formula is C9H18FNO. The van der Waals surface area contributed by atoms with E-state index in [1.807, 2.05) is 0 Å². The molecule has 12 heavy (non-hydrogen) atoms. The molecule has 0 saturated carbocycles. The van der Waals surface area contributed by atoms with Gasteiger partial charge in [-0.05, 0) is 14.1 Å². The first-order chi connectivity index (χ1) is 5.25. The molecule has 0 radical (unpaired) electrons. The van der Waals surface area contributed by atoms with Crippen molar-refractivity contribution < 1.29 is 9.18 Å². The van der Waals surface area contributed by atoms with Crippen molar-refractivity contribution in [3.63, 3.8) is 0 Å². The number of ketones is 1. The highest BCUT2D eigenvalue weighted by Crippen LogP contribution is 2.18. The zero-order chi connectivity index (χ0) is 9.94. The minimum Gasteiger partial charge on any atom is -0.306 e.